The van der Waals surface area contributed by atoms with Crippen molar-refractivity contribution in [1.29, 1.82) is 0 Å². The highest BCUT2D eigenvalue weighted by Gasteiger charge is 2.21. The van der Waals surface area contributed by atoms with Crippen molar-refractivity contribution in [3.8, 4) is 5.69 Å². The zero-order valence-corrected chi connectivity index (χ0v) is 15.4. The number of ether oxygens (including phenoxy) is 1. The van der Waals surface area contributed by atoms with E-state index in [1.165, 1.54) is 10.9 Å². The molecule has 1 unspecified atom stereocenters. The highest BCUT2D eigenvalue weighted by Crippen LogP contribution is 2.30. The van der Waals surface area contributed by atoms with Gasteiger partial charge in [-0.2, -0.15) is 5.10 Å². The Labute approximate surface area is 158 Å². The molecule has 0 bridgehead atoms. The molecule has 1 fully saturated rings. The van der Waals surface area contributed by atoms with Gasteiger partial charge in [0.2, 0.25) is 0 Å². The second-order valence-corrected chi connectivity index (χ2v) is 7.04. The predicted octanol–water partition coefficient (Wildman–Crippen LogP) is 3.97. The minimum absolute atomic E-state index is 0.344. The Balaban J connectivity index is 1.58. The molecule has 5 rings (SSSR count). The van der Waals surface area contributed by atoms with Gasteiger partial charge in [0.15, 0.2) is 0 Å². The van der Waals surface area contributed by atoms with E-state index >= 15 is 0 Å². The number of nitrogens with zero attached hydrogens (tertiary/aromatic N) is 4. The molecule has 4 aromatic rings. The maximum absolute atomic E-state index is 5.51. The Hall–Kier alpha value is -2.76. The minimum atomic E-state index is 0.344. The maximum Gasteiger partial charge on any atom is 0.0744 e. The topological polar surface area (TPSA) is 43.2 Å². The third-order valence-corrected chi connectivity index (χ3v) is 5.52. The van der Waals surface area contributed by atoms with Gasteiger partial charge in [0.05, 0.1) is 36.1 Å². The van der Waals surface area contributed by atoms with E-state index in [1.54, 1.807) is 0 Å². The fourth-order valence-electron chi connectivity index (χ4n) is 4.00. The highest BCUT2D eigenvalue weighted by molar-refractivity contribution is 5.86. The Morgan fingerprint density at radius 2 is 1.93 bits per heavy atom. The zero-order valence-electron chi connectivity index (χ0n) is 15.4. The lowest BCUT2D eigenvalue weighted by Gasteiger charge is -2.32. The maximum atomic E-state index is 5.51. The van der Waals surface area contributed by atoms with Crippen LogP contribution in [0.1, 0.15) is 18.5 Å². The first-order chi connectivity index (χ1) is 13.3. The van der Waals surface area contributed by atoms with Crippen LogP contribution in [0.3, 0.4) is 0 Å². The van der Waals surface area contributed by atoms with Gasteiger partial charge in [-0.15, -0.1) is 0 Å². The molecule has 2 aromatic heterocycles. The highest BCUT2D eigenvalue weighted by atomic mass is 16.5. The number of rotatable bonds is 3. The summed E-state index contributed by atoms with van der Waals surface area (Å²) >= 11 is 0. The molecule has 1 saturated heterocycles. The van der Waals surface area contributed by atoms with Crippen molar-refractivity contribution in [2.75, 3.05) is 26.3 Å². The molecular formula is C22H22N4O. The van der Waals surface area contributed by atoms with Crippen LogP contribution in [-0.4, -0.2) is 46.0 Å². The average Bonchev–Trinajstić information content (AvgIpc) is 3.18. The summed E-state index contributed by atoms with van der Waals surface area (Å²) in [7, 11) is 0. The van der Waals surface area contributed by atoms with E-state index in [4.69, 9.17) is 9.84 Å². The van der Waals surface area contributed by atoms with Crippen LogP contribution in [0, 0.1) is 0 Å². The predicted molar refractivity (Wildman–Crippen MR) is 107 cm³/mol. The Morgan fingerprint density at radius 3 is 2.81 bits per heavy atom. The molecule has 3 heterocycles. The molecule has 0 aliphatic carbocycles. The van der Waals surface area contributed by atoms with Crippen LogP contribution in [0.2, 0.25) is 0 Å². The summed E-state index contributed by atoms with van der Waals surface area (Å²) in [5.41, 5.74) is 4.51. The molecule has 136 valence electrons. The van der Waals surface area contributed by atoms with Gasteiger partial charge in [0.1, 0.15) is 0 Å². The zero-order chi connectivity index (χ0) is 18.2. The van der Waals surface area contributed by atoms with E-state index in [0.717, 1.165) is 48.4 Å². The summed E-state index contributed by atoms with van der Waals surface area (Å²) in [6.45, 7) is 5.85. The van der Waals surface area contributed by atoms with Crippen LogP contribution in [0.25, 0.3) is 27.5 Å². The Kier molecular flexibility index (Phi) is 4.11. The third-order valence-electron chi connectivity index (χ3n) is 5.52. The summed E-state index contributed by atoms with van der Waals surface area (Å²) < 4.78 is 7.53. The van der Waals surface area contributed by atoms with Gasteiger partial charge < -0.3 is 4.74 Å². The smallest absolute Gasteiger partial charge is 0.0744 e. The first-order valence-electron chi connectivity index (χ1n) is 9.45. The number of pyridine rings is 1. The fraction of sp³-hybridized carbons (Fsp3) is 0.273. The van der Waals surface area contributed by atoms with Gasteiger partial charge in [0.25, 0.3) is 0 Å². The second kappa shape index (κ2) is 6.76. The van der Waals surface area contributed by atoms with Crippen molar-refractivity contribution in [2.24, 2.45) is 0 Å². The summed E-state index contributed by atoms with van der Waals surface area (Å²) in [6.07, 6.45) is 3.82. The van der Waals surface area contributed by atoms with Crippen LogP contribution < -0.4 is 0 Å². The summed E-state index contributed by atoms with van der Waals surface area (Å²) in [5.74, 6) is 0. The Bertz CT molecular complexity index is 1100. The molecule has 0 N–H and O–H groups in total. The quantitative estimate of drug-likeness (QED) is 0.556. The van der Waals surface area contributed by atoms with Gasteiger partial charge in [-0.1, -0.05) is 18.2 Å². The third kappa shape index (κ3) is 2.89. The SMILES string of the molecule is CC(c1cccc2c1cnn2-c1ccc2ncccc2c1)N1CCOCC1. The van der Waals surface area contributed by atoms with E-state index in [-0.39, 0.29) is 0 Å². The second-order valence-electron chi connectivity index (χ2n) is 7.04. The number of benzene rings is 2. The normalized spacial score (nSPS) is 16.8. The molecule has 0 radical (unpaired) electrons. The number of fused-ring (bicyclic) bond motifs is 2. The van der Waals surface area contributed by atoms with E-state index < -0.39 is 0 Å². The van der Waals surface area contributed by atoms with Gasteiger partial charge in [-0.25, -0.2) is 4.68 Å². The summed E-state index contributed by atoms with van der Waals surface area (Å²) in [6, 6.07) is 17.2. The lowest BCUT2D eigenvalue weighted by molar-refractivity contribution is 0.0201. The van der Waals surface area contributed by atoms with Crippen LogP contribution in [0.4, 0.5) is 0 Å². The number of hydrogen-bond donors (Lipinski definition) is 0. The first kappa shape index (κ1) is 16.4. The number of morpholine rings is 1. The molecule has 0 amide bonds. The lowest BCUT2D eigenvalue weighted by atomic mass is 10.0. The van der Waals surface area contributed by atoms with Crippen molar-refractivity contribution >= 4 is 21.8 Å². The van der Waals surface area contributed by atoms with E-state index in [2.05, 4.69) is 59.3 Å². The van der Waals surface area contributed by atoms with Crippen LogP contribution in [0.15, 0.2) is 60.9 Å². The van der Waals surface area contributed by atoms with Crippen molar-refractivity contribution in [2.45, 2.75) is 13.0 Å². The molecule has 0 saturated carbocycles. The van der Waals surface area contributed by atoms with Crippen LogP contribution in [-0.2, 0) is 4.74 Å². The Morgan fingerprint density at radius 1 is 1.04 bits per heavy atom. The number of aromatic nitrogens is 3. The van der Waals surface area contributed by atoms with Gasteiger partial charge in [0, 0.05) is 36.1 Å². The molecule has 1 aliphatic rings. The average molecular weight is 358 g/mol. The molecule has 27 heavy (non-hydrogen) atoms. The van der Waals surface area contributed by atoms with E-state index in [9.17, 15) is 0 Å². The molecule has 0 spiro atoms. The number of hydrogen-bond acceptors (Lipinski definition) is 4. The van der Waals surface area contributed by atoms with Crippen molar-refractivity contribution in [3.05, 3.63) is 66.5 Å². The van der Waals surface area contributed by atoms with E-state index in [0.29, 0.717) is 6.04 Å². The monoisotopic (exact) mass is 358 g/mol. The van der Waals surface area contributed by atoms with Crippen molar-refractivity contribution in [3.63, 3.8) is 0 Å². The molecular weight excluding hydrogens is 336 g/mol. The largest absolute Gasteiger partial charge is 0.379 e. The summed E-state index contributed by atoms with van der Waals surface area (Å²) in [5, 5.41) is 7.05. The minimum Gasteiger partial charge on any atom is -0.379 e. The van der Waals surface area contributed by atoms with Gasteiger partial charge in [-0.05, 0) is 42.8 Å². The van der Waals surface area contributed by atoms with Gasteiger partial charge in [-0.3, -0.25) is 9.88 Å². The fourth-order valence-corrected chi connectivity index (χ4v) is 4.00. The molecule has 1 atom stereocenters. The lowest BCUT2D eigenvalue weighted by Crippen LogP contribution is -2.38. The van der Waals surface area contributed by atoms with Crippen LogP contribution >= 0.6 is 0 Å². The van der Waals surface area contributed by atoms with Gasteiger partial charge >= 0.3 is 0 Å². The molecule has 2 aromatic carbocycles. The van der Waals surface area contributed by atoms with Crippen LogP contribution in [0.5, 0.6) is 0 Å². The van der Waals surface area contributed by atoms with Crippen molar-refractivity contribution in [1.82, 2.24) is 19.7 Å². The van der Waals surface area contributed by atoms with Crippen molar-refractivity contribution < 1.29 is 4.74 Å². The first-order valence-corrected chi connectivity index (χ1v) is 9.45. The molecule has 1 aliphatic heterocycles. The molecule has 5 nitrogen and oxygen atoms in total. The summed E-state index contributed by atoms with van der Waals surface area (Å²) in [4.78, 5) is 6.89. The molecule has 5 heteroatoms. The standard InChI is InChI=1S/C22H22N4O/c1-16(25-10-12-27-13-11-25)19-5-2-6-22-20(19)15-24-26(22)18-7-8-21-17(14-18)4-3-9-23-21/h2-9,14-16H,10-13H2,1H3. The van der Waals surface area contributed by atoms with E-state index in [1.807, 2.05) is 23.1 Å².